The Morgan fingerprint density at radius 1 is 1.56 bits per heavy atom. The summed E-state index contributed by atoms with van der Waals surface area (Å²) in [6.45, 7) is 2.61. The molecule has 1 aliphatic heterocycles. The lowest BCUT2D eigenvalue weighted by Crippen LogP contribution is -2.29. The van der Waals surface area contributed by atoms with Gasteiger partial charge in [-0.05, 0) is 5.92 Å². The van der Waals surface area contributed by atoms with Crippen LogP contribution in [0, 0.1) is 11.8 Å². The van der Waals surface area contributed by atoms with Crippen molar-refractivity contribution in [3.05, 3.63) is 18.0 Å². The third-order valence-corrected chi connectivity index (χ3v) is 2.96. The van der Waals surface area contributed by atoms with Gasteiger partial charge in [0.25, 0.3) is 5.91 Å². The minimum Gasteiger partial charge on any atom is -0.481 e. The predicted octanol–water partition coefficient (Wildman–Crippen LogP) is 0.202. The summed E-state index contributed by atoms with van der Waals surface area (Å²) in [5.41, 5.74) is 0.471. The second kappa shape index (κ2) is 3.96. The van der Waals surface area contributed by atoms with E-state index in [1.165, 1.54) is 12.4 Å². The van der Waals surface area contributed by atoms with E-state index in [4.69, 9.17) is 5.11 Å². The number of hydrogen-bond donors (Lipinski definition) is 2. The quantitative estimate of drug-likeness (QED) is 0.750. The third kappa shape index (κ3) is 1.78. The lowest BCUT2D eigenvalue weighted by molar-refractivity contribution is -0.142. The maximum absolute atomic E-state index is 11.9. The van der Waals surface area contributed by atoms with Gasteiger partial charge in [0, 0.05) is 19.3 Å². The first-order valence-electron chi connectivity index (χ1n) is 5.10. The van der Waals surface area contributed by atoms with Crippen LogP contribution in [0.25, 0.3) is 0 Å². The number of nitrogens with zero attached hydrogens (tertiary/aromatic N) is 2. The van der Waals surface area contributed by atoms with Crippen molar-refractivity contribution in [1.82, 2.24) is 15.1 Å². The van der Waals surface area contributed by atoms with Crippen molar-refractivity contribution in [2.24, 2.45) is 11.8 Å². The zero-order chi connectivity index (χ0) is 11.7. The normalized spacial score (nSPS) is 24.7. The Bertz CT molecular complexity index is 401. The highest BCUT2D eigenvalue weighted by Crippen LogP contribution is 2.24. The van der Waals surface area contributed by atoms with Crippen molar-refractivity contribution < 1.29 is 14.7 Å². The molecule has 2 unspecified atom stereocenters. The van der Waals surface area contributed by atoms with E-state index in [-0.39, 0.29) is 18.4 Å². The number of carboxylic acid groups (broad SMARTS) is 1. The molecule has 0 spiro atoms. The Labute approximate surface area is 92.3 Å². The van der Waals surface area contributed by atoms with Gasteiger partial charge in [-0.3, -0.25) is 14.7 Å². The summed E-state index contributed by atoms with van der Waals surface area (Å²) in [5, 5.41) is 15.2. The van der Waals surface area contributed by atoms with E-state index in [1.54, 1.807) is 4.90 Å². The van der Waals surface area contributed by atoms with Crippen molar-refractivity contribution in [1.29, 1.82) is 0 Å². The number of amides is 1. The number of carbonyl (C=O) groups is 2. The fraction of sp³-hybridized carbons (Fsp3) is 0.500. The molecule has 2 rings (SSSR count). The van der Waals surface area contributed by atoms with Crippen LogP contribution in [0.3, 0.4) is 0 Å². The van der Waals surface area contributed by atoms with E-state index in [0.717, 1.165) is 0 Å². The summed E-state index contributed by atoms with van der Waals surface area (Å²) < 4.78 is 0. The first kappa shape index (κ1) is 10.7. The number of carbonyl (C=O) groups excluding carboxylic acids is 1. The number of carboxylic acids is 1. The fourth-order valence-electron chi connectivity index (χ4n) is 2.00. The van der Waals surface area contributed by atoms with Crippen LogP contribution in [0.1, 0.15) is 17.3 Å². The highest BCUT2D eigenvalue weighted by atomic mass is 16.4. The summed E-state index contributed by atoms with van der Waals surface area (Å²) in [6.07, 6.45) is 2.96. The molecule has 6 nitrogen and oxygen atoms in total. The molecule has 6 heteroatoms. The first-order valence-corrected chi connectivity index (χ1v) is 5.10. The Kier molecular flexibility index (Phi) is 2.64. The minimum atomic E-state index is -0.838. The van der Waals surface area contributed by atoms with Crippen LogP contribution < -0.4 is 0 Å². The van der Waals surface area contributed by atoms with Gasteiger partial charge < -0.3 is 10.0 Å². The van der Waals surface area contributed by atoms with Gasteiger partial charge in [0.1, 0.15) is 0 Å². The average Bonchev–Trinajstić information content (AvgIpc) is 2.84. The zero-order valence-electron chi connectivity index (χ0n) is 8.88. The molecular formula is C10H13N3O3. The Morgan fingerprint density at radius 3 is 2.81 bits per heavy atom. The Morgan fingerprint density at radius 2 is 2.31 bits per heavy atom. The van der Waals surface area contributed by atoms with Crippen molar-refractivity contribution in [2.75, 3.05) is 13.1 Å². The highest BCUT2D eigenvalue weighted by Gasteiger charge is 2.37. The molecule has 2 N–H and O–H groups in total. The molecule has 0 aromatic carbocycles. The van der Waals surface area contributed by atoms with Gasteiger partial charge in [-0.1, -0.05) is 6.92 Å². The maximum Gasteiger partial charge on any atom is 0.308 e. The van der Waals surface area contributed by atoms with Gasteiger partial charge in [0.15, 0.2) is 0 Å². The molecule has 16 heavy (non-hydrogen) atoms. The van der Waals surface area contributed by atoms with Gasteiger partial charge in [0.2, 0.25) is 0 Å². The van der Waals surface area contributed by atoms with Gasteiger partial charge in [0.05, 0.1) is 17.7 Å². The number of aromatic nitrogens is 2. The number of likely N-dealkylation sites (tertiary alicyclic amines) is 1. The Hall–Kier alpha value is -1.85. The minimum absolute atomic E-state index is 0.00616. The van der Waals surface area contributed by atoms with Crippen molar-refractivity contribution in [3.63, 3.8) is 0 Å². The smallest absolute Gasteiger partial charge is 0.308 e. The predicted molar refractivity (Wildman–Crippen MR) is 54.8 cm³/mol. The summed E-state index contributed by atoms with van der Waals surface area (Å²) in [6, 6.07) is 0. The van der Waals surface area contributed by atoms with Crippen LogP contribution >= 0.6 is 0 Å². The molecule has 0 aliphatic carbocycles. The lowest BCUT2D eigenvalue weighted by atomic mass is 9.99. The van der Waals surface area contributed by atoms with Gasteiger partial charge in [-0.2, -0.15) is 5.10 Å². The summed E-state index contributed by atoms with van der Waals surface area (Å²) >= 11 is 0. The topological polar surface area (TPSA) is 86.3 Å². The largest absolute Gasteiger partial charge is 0.481 e. The number of aliphatic carboxylic acids is 1. The van der Waals surface area contributed by atoms with E-state index in [2.05, 4.69) is 10.2 Å². The van der Waals surface area contributed by atoms with Gasteiger partial charge in [-0.15, -0.1) is 0 Å². The molecule has 86 valence electrons. The van der Waals surface area contributed by atoms with E-state index >= 15 is 0 Å². The number of nitrogens with one attached hydrogen (secondary N) is 1. The molecule has 2 heterocycles. The molecule has 1 aliphatic rings. The first-order chi connectivity index (χ1) is 7.59. The van der Waals surface area contributed by atoms with Crippen LogP contribution in [-0.2, 0) is 4.79 Å². The second-order valence-corrected chi connectivity index (χ2v) is 4.12. The molecule has 1 fully saturated rings. The fourth-order valence-corrected chi connectivity index (χ4v) is 2.00. The molecule has 2 atom stereocenters. The van der Waals surface area contributed by atoms with Crippen LogP contribution in [0.5, 0.6) is 0 Å². The monoisotopic (exact) mass is 223 g/mol. The summed E-state index contributed by atoms with van der Waals surface area (Å²) in [4.78, 5) is 24.4. The molecule has 0 bridgehead atoms. The zero-order valence-corrected chi connectivity index (χ0v) is 8.88. The van der Waals surface area contributed by atoms with Gasteiger partial charge in [-0.25, -0.2) is 0 Å². The Balaban J connectivity index is 2.09. The highest BCUT2D eigenvalue weighted by molar-refractivity contribution is 5.94. The van der Waals surface area contributed by atoms with E-state index in [1.807, 2.05) is 6.92 Å². The molecular weight excluding hydrogens is 210 g/mol. The van der Waals surface area contributed by atoms with Gasteiger partial charge >= 0.3 is 5.97 Å². The van der Waals surface area contributed by atoms with E-state index in [9.17, 15) is 9.59 Å². The van der Waals surface area contributed by atoms with Crippen LogP contribution in [0.2, 0.25) is 0 Å². The average molecular weight is 223 g/mol. The van der Waals surface area contributed by atoms with Crippen molar-refractivity contribution in [3.8, 4) is 0 Å². The van der Waals surface area contributed by atoms with Crippen LogP contribution in [-0.4, -0.2) is 45.2 Å². The number of hydrogen-bond acceptors (Lipinski definition) is 3. The maximum atomic E-state index is 11.9. The number of rotatable bonds is 2. The summed E-state index contributed by atoms with van der Waals surface area (Å²) in [5.74, 6) is -1.47. The molecule has 1 aromatic rings. The molecule has 1 aromatic heterocycles. The second-order valence-electron chi connectivity index (χ2n) is 4.12. The van der Waals surface area contributed by atoms with E-state index < -0.39 is 11.9 Å². The third-order valence-electron chi connectivity index (χ3n) is 2.96. The molecule has 1 amide bonds. The van der Waals surface area contributed by atoms with E-state index in [0.29, 0.717) is 12.1 Å². The molecule has 1 saturated heterocycles. The molecule has 0 radical (unpaired) electrons. The van der Waals surface area contributed by atoms with Crippen LogP contribution in [0.4, 0.5) is 0 Å². The summed E-state index contributed by atoms with van der Waals surface area (Å²) in [7, 11) is 0. The molecule has 0 saturated carbocycles. The van der Waals surface area contributed by atoms with Crippen molar-refractivity contribution in [2.45, 2.75) is 6.92 Å². The standard InChI is InChI=1S/C10H13N3O3/c1-6-4-13(5-8(6)10(15)16)9(14)7-2-11-12-3-7/h2-3,6,8H,4-5H2,1H3,(H,11,12)(H,15,16). The SMILES string of the molecule is CC1CN(C(=O)c2cn[nH]c2)CC1C(=O)O. The number of H-pyrrole nitrogens is 1. The lowest BCUT2D eigenvalue weighted by Gasteiger charge is -2.14. The number of aromatic amines is 1. The van der Waals surface area contributed by atoms with Crippen LogP contribution in [0.15, 0.2) is 12.4 Å². The van der Waals surface area contributed by atoms with Crippen molar-refractivity contribution >= 4 is 11.9 Å².